The highest BCUT2D eigenvalue weighted by Gasteiger charge is 2.54. The second kappa shape index (κ2) is 11.2. The summed E-state index contributed by atoms with van der Waals surface area (Å²) < 4.78 is 78.9. The molecule has 0 radical (unpaired) electrons. The lowest BCUT2D eigenvalue weighted by Gasteiger charge is -2.28. The van der Waals surface area contributed by atoms with Crippen molar-refractivity contribution in [3.8, 4) is 0 Å². The molecule has 3 fully saturated rings. The largest absolute Gasteiger partial charge is 0.386 e. The summed E-state index contributed by atoms with van der Waals surface area (Å²) in [4.78, 5) is 34.6. The lowest BCUT2D eigenvalue weighted by molar-refractivity contribution is -0.0555. The van der Waals surface area contributed by atoms with Gasteiger partial charge < -0.3 is 26.0 Å². The van der Waals surface area contributed by atoms with E-state index < -0.39 is 81.5 Å². The van der Waals surface area contributed by atoms with Crippen molar-refractivity contribution in [1.29, 1.82) is 0 Å². The number of aliphatic hydroxyl groups excluding tert-OH is 1. The molecule has 4 aromatic rings. The van der Waals surface area contributed by atoms with Gasteiger partial charge in [-0.05, 0) is 0 Å². The number of aliphatic hydroxyl groups is 1. The van der Waals surface area contributed by atoms with Gasteiger partial charge in [0.25, 0.3) is 5.56 Å². The molecule has 0 amide bonds. The molecule has 0 aliphatic carbocycles. The molecule has 4 aromatic heterocycles. The molecule has 3 saturated heterocycles. The number of ether oxygens (including phenoxy) is 2. The Morgan fingerprint density at radius 3 is 2.22 bits per heavy atom. The van der Waals surface area contributed by atoms with Crippen molar-refractivity contribution in [2.24, 2.45) is 0 Å². The van der Waals surface area contributed by atoms with E-state index in [-0.39, 0.29) is 34.1 Å². The zero-order valence-corrected chi connectivity index (χ0v) is 25.9. The first-order valence-electron chi connectivity index (χ1n) is 12.9. The smallest absolute Gasteiger partial charge is 0.386 e. The van der Waals surface area contributed by atoms with E-state index in [1.807, 2.05) is 0 Å². The molecule has 2 unspecified atom stereocenters. The van der Waals surface area contributed by atoms with Crippen LogP contribution >= 0.6 is 38.1 Å². The second-order valence-electron chi connectivity index (χ2n) is 10.1. The number of fused-ring (bicyclic) bond motifs is 4. The maximum absolute atomic E-state index is 16.0. The standard InChI is InChI=1S/C20H23FN10O10P2S2/c21-8-12-6(38-18(8)31-5-27-10-16(31)28-20(23)29-17(10)33)1-36-43(35,45)41-13-7(2-37-42(34,44)40-12)39-19(11(13)32)30-4-26-9-14(22)24-3-25-15(9)30/h3-8,11-13,18-19,32H,1-2H2,(H,34,44)(H,35,45)(H2,22,24,25)(H3,23,28,29,33)/t6?,7?,8-,11-,12-,13-,18-,19-,42-,43-/m1/s1. The molecule has 25 heteroatoms. The van der Waals surface area contributed by atoms with E-state index in [0.29, 0.717) is 0 Å². The van der Waals surface area contributed by atoms with Crippen LogP contribution in [0.1, 0.15) is 12.5 Å². The summed E-state index contributed by atoms with van der Waals surface area (Å²) in [5.41, 5.74) is 11.0. The van der Waals surface area contributed by atoms with Crippen molar-refractivity contribution < 1.29 is 46.2 Å². The SMILES string of the molecule is Nc1nc2c(ncn2[C@@H]2OC3CO[P@@](=O)(S)O[C@@H]4C(CO[P@@](=O)(S)O[C@H]3[C@H]2F)O[C@@H](n2cnc3c(N)ncnc32)[C@@H]4O)c(=O)[nH]1. The van der Waals surface area contributed by atoms with Crippen molar-refractivity contribution in [2.75, 3.05) is 24.7 Å². The van der Waals surface area contributed by atoms with E-state index in [9.17, 15) is 19.0 Å². The predicted octanol–water partition coefficient (Wildman–Crippen LogP) is 0.511. The van der Waals surface area contributed by atoms with E-state index in [1.165, 1.54) is 17.2 Å². The number of nitrogens with two attached hydrogens (primary N) is 2. The van der Waals surface area contributed by atoms with Crippen molar-refractivity contribution >= 4 is 72.2 Å². The van der Waals surface area contributed by atoms with Crippen LogP contribution in [0.4, 0.5) is 16.2 Å². The highest BCUT2D eigenvalue weighted by molar-refractivity contribution is 8.44. The highest BCUT2D eigenvalue weighted by atomic mass is 32.7. The maximum Gasteiger partial charge on any atom is 0.386 e. The first-order valence-corrected chi connectivity index (χ1v) is 18.3. The van der Waals surface area contributed by atoms with Crippen LogP contribution in [0.2, 0.25) is 0 Å². The van der Waals surface area contributed by atoms with Gasteiger partial charge in [-0.1, -0.05) is 24.5 Å². The van der Waals surface area contributed by atoms with Gasteiger partial charge in [-0.2, -0.15) is 4.98 Å². The molecule has 45 heavy (non-hydrogen) atoms. The first kappa shape index (κ1) is 30.9. The molecule has 0 aromatic carbocycles. The summed E-state index contributed by atoms with van der Waals surface area (Å²) in [7, 11) is 0. The number of imidazole rings is 2. The summed E-state index contributed by atoms with van der Waals surface area (Å²) >= 11 is 8.03. The number of nitrogen functional groups attached to an aromatic ring is 2. The quantitative estimate of drug-likeness (QED) is 0.122. The van der Waals surface area contributed by atoms with Gasteiger partial charge in [0, 0.05) is 0 Å². The van der Waals surface area contributed by atoms with Crippen molar-refractivity contribution in [3.05, 3.63) is 29.3 Å². The molecular weight excluding hydrogens is 685 g/mol. The van der Waals surface area contributed by atoms with Crippen LogP contribution in [0.3, 0.4) is 0 Å². The van der Waals surface area contributed by atoms with Gasteiger partial charge in [0.1, 0.15) is 42.4 Å². The van der Waals surface area contributed by atoms with Gasteiger partial charge in [-0.15, -0.1) is 0 Å². The molecule has 20 nitrogen and oxygen atoms in total. The molecular formula is C20H23FN10O10P2S2. The van der Waals surface area contributed by atoms with Gasteiger partial charge in [-0.3, -0.25) is 37.0 Å². The minimum atomic E-state index is -4.40. The fraction of sp³-hybridized carbons (Fsp3) is 0.500. The molecule has 0 spiro atoms. The molecule has 7 rings (SSSR count). The van der Waals surface area contributed by atoms with E-state index in [0.717, 1.165) is 10.9 Å². The lowest BCUT2D eigenvalue weighted by Crippen LogP contribution is -2.37. The fourth-order valence-corrected chi connectivity index (χ4v) is 8.25. The number of hydrogen-bond acceptors (Lipinski definition) is 17. The van der Waals surface area contributed by atoms with Crippen molar-refractivity contribution in [2.45, 2.75) is 49.1 Å². The summed E-state index contributed by atoms with van der Waals surface area (Å²) in [5, 5.41) is 11.2. The van der Waals surface area contributed by atoms with E-state index in [1.54, 1.807) is 0 Å². The monoisotopic (exact) mass is 708 g/mol. The number of hydrogen-bond donors (Lipinski definition) is 6. The summed E-state index contributed by atoms with van der Waals surface area (Å²) in [5.74, 6) is -0.179. The number of aromatic amines is 1. The summed E-state index contributed by atoms with van der Waals surface area (Å²) in [6, 6.07) is 0. The van der Waals surface area contributed by atoms with E-state index in [2.05, 4.69) is 54.4 Å². The van der Waals surface area contributed by atoms with Crippen LogP contribution in [0, 0.1) is 0 Å². The molecule has 10 atom stereocenters. The zero-order valence-electron chi connectivity index (χ0n) is 22.3. The average molecular weight is 709 g/mol. The van der Waals surface area contributed by atoms with Gasteiger partial charge in [0.2, 0.25) is 5.95 Å². The predicted molar refractivity (Wildman–Crippen MR) is 156 cm³/mol. The van der Waals surface area contributed by atoms with Gasteiger partial charge in [-0.25, -0.2) is 33.5 Å². The normalized spacial score (nSPS) is 37.7. The van der Waals surface area contributed by atoms with Crippen LogP contribution in [0.15, 0.2) is 23.8 Å². The van der Waals surface area contributed by atoms with Crippen molar-refractivity contribution in [3.63, 3.8) is 0 Å². The van der Waals surface area contributed by atoms with Crippen LogP contribution in [0.5, 0.6) is 0 Å². The van der Waals surface area contributed by atoms with Gasteiger partial charge in [0.05, 0.1) is 25.9 Å². The number of anilines is 2. The Morgan fingerprint density at radius 2 is 1.51 bits per heavy atom. The molecule has 7 heterocycles. The maximum atomic E-state index is 16.0. The summed E-state index contributed by atoms with van der Waals surface area (Å²) in [6.07, 6.45) is -8.62. The Balaban J connectivity index is 1.17. The van der Waals surface area contributed by atoms with Crippen LogP contribution in [-0.4, -0.2) is 94.0 Å². The minimum absolute atomic E-state index is 0.0789. The molecule has 0 bridgehead atoms. The Morgan fingerprint density at radius 1 is 0.911 bits per heavy atom. The third-order valence-electron chi connectivity index (χ3n) is 7.28. The number of rotatable bonds is 2. The Kier molecular flexibility index (Phi) is 7.72. The average Bonchev–Trinajstić information content (AvgIpc) is 3.72. The van der Waals surface area contributed by atoms with E-state index in [4.69, 9.17) is 39.0 Å². The number of nitrogens with zero attached hydrogens (tertiary/aromatic N) is 7. The molecule has 6 N–H and O–H groups in total. The van der Waals surface area contributed by atoms with E-state index >= 15 is 4.39 Å². The van der Waals surface area contributed by atoms with Gasteiger partial charge >= 0.3 is 13.6 Å². The Bertz CT molecular complexity index is 1950. The Hall–Kier alpha value is -2.69. The highest BCUT2D eigenvalue weighted by Crippen LogP contribution is 2.60. The molecule has 3 aliphatic heterocycles. The first-order chi connectivity index (χ1) is 21.3. The number of alkyl halides is 1. The summed E-state index contributed by atoms with van der Waals surface area (Å²) in [6.45, 7) is -10.0. The lowest BCUT2D eigenvalue weighted by atomic mass is 10.1. The fourth-order valence-electron chi connectivity index (χ4n) is 5.28. The number of halogens is 1. The van der Waals surface area contributed by atoms with Crippen LogP contribution in [0.25, 0.3) is 22.3 Å². The van der Waals surface area contributed by atoms with Crippen LogP contribution < -0.4 is 17.0 Å². The van der Waals surface area contributed by atoms with Crippen molar-refractivity contribution in [1.82, 2.24) is 39.0 Å². The topological polar surface area (TPSA) is 269 Å². The molecule has 242 valence electrons. The number of H-pyrrole nitrogens is 1. The minimum Gasteiger partial charge on any atom is -0.386 e. The number of nitrogens with one attached hydrogen (secondary N) is 1. The third-order valence-corrected chi connectivity index (χ3v) is 10.5. The molecule has 0 saturated carbocycles. The molecule has 3 aliphatic rings. The number of thiol groups is 2. The third kappa shape index (κ3) is 5.54. The number of aromatic nitrogens is 8. The second-order valence-corrected chi connectivity index (χ2v) is 15.8. The zero-order chi connectivity index (χ0) is 31.8. The van der Waals surface area contributed by atoms with Crippen LogP contribution in [-0.2, 0) is 36.7 Å². The van der Waals surface area contributed by atoms with Gasteiger partial charge in [0.15, 0.2) is 41.3 Å². The Labute approximate surface area is 260 Å².